The molecule has 0 aliphatic rings. The summed E-state index contributed by atoms with van der Waals surface area (Å²) in [6.45, 7) is 35.2. The van der Waals surface area contributed by atoms with E-state index in [4.69, 9.17) is 10.2 Å². The van der Waals surface area contributed by atoms with Gasteiger partial charge in [-0.1, -0.05) is 111 Å². The van der Waals surface area contributed by atoms with Crippen LogP contribution in [0.4, 0.5) is 0 Å². The van der Waals surface area contributed by atoms with Crippen LogP contribution in [0.1, 0.15) is 111 Å². The summed E-state index contributed by atoms with van der Waals surface area (Å²) in [7, 11) is -3.88. The van der Waals surface area contributed by atoms with Crippen molar-refractivity contribution in [3.8, 4) is 0 Å². The van der Waals surface area contributed by atoms with Gasteiger partial charge in [-0.25, -0.2) is 0 Å². The second-order valence-corrected chi connectivity index (χ2v) is 22.5. The number of hydrogen-bond donors (Lipinski definition) is 4. The van der Waals surface area contributed by atoms with E-state index in [1.807, 2.05) is 27.7 Å². The van der Waals surface area contributed by atoms with Crippen LogP contribution in [-0.2, 0) is 26.2 Å². The van der Waals surface area contributed by atoms with Gasteiger partial charge < -0.3 is 19.8 Å². The first-order chi connectivity index (χ1) is 17.0. The molecule has 4 nitrogen and oxygen atoms in total. The summed E-state index contributed by atoms with van der Waals surface area (Å²) in [5.41, 5.74) is 0. The maximum atomic E-state index is 10.7. The topological polar surface area (TPSA) is 80.9 Å². The summed E-state index contributed by atoms with van der Waals surface area (Å²) in [6.07, 6.45) is 0. The predicted molar refractivity (Wildman–Crippen MR) is 178 cm³/mol. The summed E-state index contributed by atoms with van der Waals surface area (Å²) >= 11 is 0. The van der Waals surface area contributed by atoms with E-state index in [0.717, 1.165) is 36.3 Å². The standard InChI is InChI=1S/2C12H28OSi.2C4H10O.Zr/c2*1-10(2)7-14(13,8-11(3)4)9-12(5)6;2*1-4(2)3-5;/h2*10-13H,7-9H2,1-6H3;2*4-5H,3H2,1-2H3;. The van der Waals surface area contributed by atoms with Crippen LogP contribution < -0.4 is 0 Å². The minimum Gasteiger partial charge on any atom is -0.432 e. The van der Waals surface area contributed by atoms with Crippen LogP contribution in [0.3, 0.4) is 0 Å². The number of aliphatic hydroxyl groups is 2. The van der Waals surface area contributed by atoms with Gasteiger partial charge in [-0.3, -0.25) is 0 Å². The molecule has 0 aromatic rings. The molecule has 0 saturated carbocycles. The minimum absolute atomic E-state index is 0. The van der Waals surface area contributed by atoms with Crippen LogP contribution in [0.15, 0.2) is 0 Å². The van der Waals surface area contributed by atoms with Gasteiger partial charge >= 0.3 is 0 Å². The Hall–Kier alpha value is 1.16. The largest absolute Gasteiger partial charge is 0.432 e. The zero-order valence-corrected chi connectivity index (χ0v) is 34.0. The van der Waals surface area contributed by atoms with Crippen LogP contribution in [-0.4, -0.2) is 49.7 Å². The van der Waals surface area contributed by atoms with E-state index in [0.29, 0.717) is 60.6 Å². The van der Waals surface area contributed by atoms with Crippen molar-refractivity contribution in [2.75, 3.05) is 13.2 Å². The Bertz CT molecular complexity index is 400. The number of rotatable bonds is 14. The van der Waals surface area contributed by atoms with Crippen molar-refractivity contribution in [1.29, 1.82) is 0 Å². The van der Waals surface area contributed by atoms with Crippen LogP contribution in [0, 0.1) is 47.3 Å². The molecular formula is C32H76O4Si2Zr. The summed E-state index contributed by atoms with van der Waals surface area (Å²) in [5, 5.41) is 16.3. The smallest absolute Gasteiger partial charge is 0.189 e. The van der Waals surface area contributed by atoms with Crippen molar-refractivity contribution >= 4 is 16.6 Å². The van der Waals surface area contributed by atoms with Gasteiger partial charge in [0.15, 0.2) is 16.6 Å². The van der Waals surface area contributed by atoms with E-state index in [2.05, 4.69) is 83.1 Å². The Kier molecular flexibility index (Phi) is 35.7. The van der Waals surface area contributed by atoms with Gasteiger partial charge in [0.1, 0.15) is 0 Å². The Labute approximate surface area is 269 Å². The molecule has 0 radical (unpaired) electrons. The van der Waals surface area contributed by atoms with Gasteiger partial charge in [0.25, 0.3) is 0 Å². The zero-order chi connectivity index (χ0) is 31.3. The molecule has 0 fully saturated rings. The molecule has 0 spiro atoms. The van der Waals surface area contributed by atoms with E-state index in [1.165, 1.54) is 0 Å². The van der Waals surface area contributed by atoms with Crippen LogP contribution in [0.5, 0.6) is 0 Å². The SMILES string of the molecule is CC(C)CO.CC(C)CO.CC(C)C[Si](O)(CC(C)C)CC(C)C.CC(C)C[Si](O)(CC(C)C)CC(C)C.[Zr]. The molecular weight excluding hydrogens is 596 g/mol. The molecule has 0 heterocycles. The van der Waals surface area contributed by atoms with Crippen molar-refractivity contribution in [3.63, 3.8) is 0 Å². The van der Waals surface area contributed by atoms with Gasteiger partial charge in [0.2, 0.25) is 0 Å². The summed E-state index contributed by atoms with van der Waals surface area (Å²) < 4.78 is 0. The first kappa shape index (κ1) is 49.8. The third kappa shape index (κ3) is 43.7. The third-order valence-electron chi connectivity index (χ3n) is 5.46. The zero-order valence-electron chi connectivity index (χ0n) is 29.6. The molecule has 0 saturated heterocycles. The van der Waals surface area contributed by atoms with Crippen molar-refractivity contribution < 1.29 is 46.0 Å². The number of aliphatic hydroxyl groups excluding tert-OH is 2. The molecule has 0 atom stereocenters. The van der Waals surface area contributed by atoms with E-state index in [-0.39, 0.29) is 26.2 Å². The molecule has 0 aliphatic carbocycles. The minimum atomic E-state index is -1.94. The predicted octanol–water partition coefficient (Wildman–Crippen LogP) is 9.05. The molecule has 7 heteroatoms. The van der Waals surface area contributed by atoms with E-state index in [1.54, 1.807) is 0 Å². The quantitative estimate of drug-likeness (QED) is 0.139. The summed E-state index contributed by atoms with van der Waals surface area (Å²) in [4.78, 5) is 21.3. The second kappa shape index (κ2) is 28.0. The fourth-order valence-corrected chi connectivity index (χ4v) is 15.2. The molecule has 240 valence electrons. The Morgan fingerprint density at radius 2 is 0.436 bits per heavy atom. The molecule has 0 bridgehead atoms. The Balaban J connectivity index is -0.000000145. The molecule has 0 unspecified atom stereocenters. The molecule has 39 heavy (non-hydrogen) atoms. The first-order valence-corrected chi connectivity index (χ1v) is 20.8. The first-order valence-electron chi connectivity index (χ1n) is 15.7. The molecule has 0 amide bonds. The Morgan fingerprint density at radius 1 is 0.333 bits per heavy atom. The molecule has 4 N–H and O–H groups in total. The maximum Gasteiger partial charge on any atom is 0.189 e. The molecule has 0 aliphatic heterocycles. The Morgan fingerprint density at radius 3 is 0.487 bits per heavy atom. The van der Waals surface area contributed by atoms with Gasteiger partial charge in [-0.2, -0.15) is 0 Å². The van der Waals surface area contributed by atoms with Gasteiger partial charge in [-0.15, -0.1) is 0 Å². The molecule has 0 aromatic carbocycles. The molecule has 0 aromatic heterocycles. The number of hydrogen-bond acceptors (Lipinski definition) is 4. The fourth-order valence-electron chi connectivity index (χ4n) is 5.06. The van der Waals surface area contributed by atoms with Crippen molar-refractivity contribution in [2.45, 2.75) is 147 Å². The van der Waals surface area contributed by atoms with E-state index < -0.39 is 16.6 Å². The van der Waals surface area contributed by atoms with Crippen LogP contribution >= 0.6 is 0 Å². The van der Waals surface area contributed by atoms with Gasteiger partial charge in [0, 0.05) is 39.4 Å². The van der Waals surface area contributed by atoms with Crippen molar-refractivity contribution in [3.05, 3.63) is 0 Å². The monoisotopic (exact) mass is 670 g/mol. The summed E-state index contributed by atoms with van der Waals surface area (Å²) in [5.74, 6) is 4.74. The average molecular weight is 672 g/mol. The van der Waals surface area contributed by atoms with Gasteiger partial charge in [0.05, 0.1) is 0 Å². The third-order valence-corrected chi connectivity index (χ3v) is 14.9. The van der Waals surface area contributed by atoms with E-state index in [9.17, 15) is 9.59 Å². The second-order valence-electron chi connectivity index (χ2n) is 15.2. The summed E-state index contributed by atoms with van der Waals surface area (Å²) in [6, 6.07) is 6.44. The molecule has 0 rings (SSSR count). The van der Waals surface area contributed by atoms with Crippen molar-refractivity contribution in [2.24, 2.45) is 47.3 Å². The average Bonchev–Trinajstić information content (AvgIpc) is 2.64. The fraction of sp³-hybridized carbons (Fsp3) is 1.00. The van der Waals surface area contributed by atoms with Crippen LogP contribution in [0.2, 0.25) is 36.3 Å². The van der Waals surface area contributed by atoms with Crippen LogP contribution in [0.25, 0.3) is 0 Å². The van der Waals surface area contributed by atoms with E-state index >= 15 is 0 Å². The maximum absolute atomic E-state index is 10.7. The normalized spacial score (nSPS) is 12.0. The van der Waals surface area contributed by atoms with Crippen molar-refractivity contribution in [1.82, 2.24) is 0 Å². The van der Waals surface area contributed by atoms with Gasteiger partial charge in [-0.05, 0) is 83.6 Å².